The van der Waals surface area contributed by atoms with Gasteiger partial charge in [0.05, 0.1) is 12.4 Å². The SMILES string of the molecule is Cn1cc(OCC(CN)C(F)(F)F)cn1. The molecule has 0 aliphatic rings. The Bertz CT molecular complexity index is 310. The van der Waals surface area contributed by atoms with Crippen LogP contribution in [0.4, 0.5) is 13.2 Å². The summed E-state index contributed by atoms with van der Waals surface area (Å²) in [7, 11) is 1.65. The van der Waals surface area contributed by atoms with E-state index in [0.29, 0.717) is 5.75 Å². The van der Waals surface area contributed by atoms with Crippen LogP contribution in [0.2, 0.25) is 0 Å². The summed E-state index contributed by atoms with van der Waals surface area (Å²) < 4.78 is 43.1. The quantitative estimate of drug-likeness (QED) is 0.826. The summed E-state index contributed by atoms with van der Waals surface area (Å²) in [4.78, 5) is 0. The summed E-state index contributed by atoms with van der Waals surface area (Å²) in [5.41, 5.74) is 5.01. The Labute approximate surface area is 84.8 Å². The Morgan fingerprint density at radius 1 is 1.60 bits per heavy atom. The van der Waals surface area contributed by atoms with Crippen molar-refractivity contribution in [1.29, 1.82) is 0 Å². The fourth-order valence-corrected chi connectivity index (χ4v) is 0.966. The normalized spacial score (nSPS) is 13.9. The van der Waals surface area contributed by atoms with Gasteiger partial charge in [0, 0.05) is 13.6 Å². The molecule has 1 unspecified atom stereocenters. The number of nitrogens with zero attached hydrogens (tertiary/aromatic N) is 2. The maximum absolute atomic E-state index is 12.2. The molecule has 2 N–H and O–H groups in total. The topological polar surface area (TPSA) is 53.1 Å². The zero-order chi connectivity index (χ0) is 11.5. The summed E-state index contributed by atoms with van der Waals surface area (Å²) in [5, 5.41) is 3.76. The van der Waals surface area contributed by atoms with Crippen LogP contribution in [-0.2, 0) is 7.05 Å². The van der Waals surface area contributed by atoms with Crippen LogP contribution in [0, 0.1) is 5.92 Å². The number of halogens is 3. The molecule has 1 aromatic heterocycles. The van der Waals surface area contributed by atoms with Gasteiger partial charge in [-0.1, -0.05) is 0 Å². The van der Waals surface area contributed by atoms with E-state index in [1.54, 1.807) is 7.05 Å². The van der Waals surface area contributed by atoms with Crippen molar-refractivity contribution in [1.82, 2.24) is 9.78 Å². The predicted molar refractivity (Wildman–Crippen MR) is 47.3 cm³/mol. The number of ether oxygens (including phenoxy) is 1. The molecule has 0 spiro atoms. The van der Waals surface area contributed by atoms with Gasteiger partial charge >= 0.3 is 6.18 Å². The van der Waals surface area contributed by atoms with Gasteiger partial charge in [0.2, 0.25) is 0 Å². The van der Waals surface area contributed by atoms with Crippen molar-refractivity contribution in [2.75, 3.05) is 13.2 Å². The van der Waals surface area contributed by atoms with Gasteiger partial charge in [-0.2, -0.15) is 18.3 Å². The van der Waals surface area contributed by atoms with E-state index in [2.05, 4.69) is 5.10 Å². The van der Waals surface area contributed by atoms with E-state index in [-0.39, 0.29) is 0 Å². The first-order valence-electron chi connectivity index (χ1n) is 4.31. The Morgan fingerprint density at radius 3 is 2.67 bits per heavy atom. The van der Waals surface area contributed by atoms with E-state index in [4.69, 9.17) is 10.5 Å². The van der Waals surface area contributed by atoms with Gasteiger partial charge in [-0.25, -0.2) is 0 Å². The fourth-order valence-electron chi connectivity index (χ4n) is 0.966. The van der Waals surface area contributed by atoms with Crippen molar-refractivity contribution >= 4 is 0 Å². The number of hydrogen-bond acceptors (Lipinski definition) is 3. The number of alkyl halides is 3. The molecule has 0 saturated heterocycles. The first-order chi connectivity index (χ1) is 6.93. The van der Waals surface area contributed by atoms with Crippen LogP contribution in [0.1, 0.15) is 0 Å². The highest BCUT2D eigenvalue weighted by molar-refractivity contribution is 5.11. The third-order valence-corrected chi connectivity index (χ3v) is 1.88. The fraction of sp³-hybridized carbons (Fsp3) is 0.625. The van der Waals surface area contributed by atoms with Crippen LogP contribution in [0.5, 0.6) is 5.75 Å². The molecule has 1 aromatic rings. The predicted octanol–water partition coefficient (Wildman–Crippen LogP) is 0.936. The summed E-state index contributed by atoms with van der Waals surface area (Å²) in [5.74, 6) is -1.34. The molecule has 0 fully saturated rings. The molecule has 0 aromatic carbocycles. The number of aryl methyl sites for hydroxylation is 1. The number of rotatable bonds is 4. The largest absolute Gasteiger partial charge is 0.490 e. The summed E-state index contributed by atoms with van der Waals surface area (Å²) in [6.45, 7) is -0.963. The second kappa shape index (κ2) is 4.52. The molecule has 0 saturated carbocycles. The van der Waals surface area contributed by atoms with E-state index in [1.165, 1.54) is 17.1 Å². The molecule has 7 heteroatoms. The van der Waals surface area contributed by atoms with Gasteiger partial charge in [-0.3, -0.25) is 4.68 Å². The van der Waals surface area contributed by atoms with Gasteiger partial charge in [-0.05, 0) is 0 Å². The molecule has 4 nitrogen and oxygen atoms in total. The Hall–Kier alpha value is -1.24. The molecule has 15 heavy (non-hydrogen) atoms. The van der Waals surface area contributed by atoms with Gasteiger partial charge in [0.1, 0.15) is 12.5 Å². The lowest BCUT2D eigenvalue weighted by atomic mass is 10.1. The minimum atomic E-state index is -4.32. The van der Waals surface area contributed by atoms with Crippen molar-refractivity contribution in [3.8, 4) is 5.75 Å². The zero-order valence-electron chi connectivity index (χ0n) is 8.16. The molecule has 0 amide bonds. The van der Waals surface area contributed by atoms with Crippen LogP contribution in [0.25, 0.3) is 0 Å². The monoisotopic (exact) mass is 223 g/mol. The smallest absolute Gasteiger partial charge is 0.396 e. The molecule has 1 atom stereocenters. The maximum atomic E-state index is 12.2. The molecule has 0 bridgehead atoms. The van der Waals surface area contributed by atoms with Crippen molar-refractivity contribution in [2.45, 2.75) is 6.18 Å². The molecular weight excluding hydrogens is 211 g/mol. The van der Waals surface area contributed by atoms with Crippen LogP contribution >= 0.6 is 0 Å². The zero-order valence-corrected chi connectivity index (χ0v) is 8.16. The summed E-state index contributed by atoms with van der Waals surface area (Å²) in [6.07, 6.45) is -1.48. The van der Waals surface area contributed by atoms with Crippen molar-refractivity contribution < 1.29 is 17.9 Å². The van der Waals surface area contributed by atoms with Gasteiger partial charge < -0.3 is 10.5 Å². The molecule has 86 valence electrons. The van der Waals surface area contributed by atoms with E-state index in [9.17, 15) is 13.2 Å². The number of nitrogens with two attached hydrogens (primary N) is 1. The first kappa shape index (κ1) is 11.8. The van der Waals surface area contributed by atoms with E-state index < -0.39 is 25.2 Å². The molecule has 0 aliphatic carbocycles. The van der Waals surface area contributed by atoms with Crippen molar-refractivity contribution in [3.05, 3.63) is 12.4 Å². The lowest BCUT2D eigenvalue weighted by Crippen LogP contribution is -2.34. The summed E-state index contributed by atoms with van der Waals surface area (Å²) >= 11 is 0. The molecule has 1 heterocycles. The second-order valence-electron chi connectivity index (χ2n) is 3.13. The van der Waals surface area contributed by atoms with Gasteiger partial charge in [-0.15, -0.1) is 0 Å². The third kappa shape index (κ3) is 3.43. The van der Waals surface area contributed by atoms with E-state index >= 15 is 0 Å². The van der Waals surface area contributed by atoms with Crippen LogP contribution in [0.15, 0.2) is 12.4 Å². The molecule has 0 aliphatic heterocycles. The van der Waals surface area contributed by atoms with Crippen molar-refractivity contribution in [3.63, 3.8) is 0 Å². The lowest BCUT2D eigenvalue weighted by molar-refractivity contribution is -0.178. The first-order valence-corrected chi connectivity index (χ1v) is 4.31. The maximum Gasteiger partial charge on any atom is 0.396 e. The minimum Gasteiger partial charge on any atom is -0.490 e. The van der Waals surface area contributed by atoms with E-state index in [0.717, 1.165) is 0 Å². The molecule has 0 radical (unpaired) electrons. The van der Waals surface area contributed by atoms with E-state index in [1.807, 2.05) is 0 Å². The lowest BCUT2D eigenvalue weighted by Gasteiger charge is -2.17. The minimum absolute atomic E-state index is 0.306. The van der Waals surface area contributed by atoms with Gasteiger partial charge in [0.15, 0.2) is 5.75 Å². The molecule has 1 rings (SSSR count). The average molecular weight is 223 g/mol. The highest BCUT2D eigenvalue weighted by Crippen LogP contribution is 2.26. The highest BCUT2D eigenvalue weighted by Gasteiger charge is 2.39. The van der Waals surface area contributed by atoms with Crippen LogP contribution < -0.4 is 10.5 Å². The Morgan fingerprint density at radius 2 is 2.27 bits per heavy atom. The molecular formula is C8H12F3N3O. The Kier molecular flexibility index (Phi) is 3.57. The van der Waals surface area contributed by atoms with Gasteiger partial charge in [0.25, 0.3) is 0 Å². The highest BCUT2D eigenvalue weighted by atomic mass is 19.4. The standard InChI is InChI=1S/C8H12F3N3O/c1-14-4-7(3-13-14)15-5-6(2-12)8(9,10)11/h3-4,6H,2,5,12H2,1H3. The van der Waals surface area contributed by atoms with Crippen LogP contribution in [-0.4, -0.2) is 29.1 Å². The van der Waals surface area contributed by atoms with Crippen LogP contribution in [0.3, 0.4) is 0 Å². The number of aromatic nitrogens is 2. The van der Waals surface area contributed by atoms with Crippen molar-refractivity contribution in [2.24, 2.45) is 18.7 Å². The average Bonchev–Trinajstić information content (AvgIpc) is 2.50. The Balaban J connectivity index is 2.48. The third-order valence-electron chi connectivity index (χ3n) is 1.88. The second-order valence-corrected chi connectivity index (χ2v) is 3.13. The summed E-state index contributed by atoms with van der Waals surface area (Å²) in [6, 6.07) is 0. The number of hydrogen-bond donors (Lipinski definition) is 1.